The van der Waals surface area contributed by atoms with Crippen LogP contribution in [0.5, 0.6) is 11.5 Å². The van der Waals surface area contributed by atoms with E-state index in [0.717, 1.165) is 24.0 Å². The van der Waals surface area contributed by atoms with Crippen molar-refractivity contribution in [1.29, 1.82) is 0 Å². The highest BCUT2D eigenvalue weighted by molar-refractivity contribution is 7.80. The predicted octanol–water partition coefficient (Wildman–Crippen LogP) is 6.93. The van der Waals surface area contributed by atoms with Crippen molar-refractivity contribution in [2.45, 2.75) is 77.9 Å². The molecule has 2 N–H and O–H groups in total. The number of cyclic esters (lactones) is 1. The number of carboxylic acids is 1. The summed E-state index contributed by atoms with van der Waals surface area (Å²) < 4.78 is 22.7. The first-order valence-electron chi connectivity index (χ1n) is 13.7. The summed E-state index contributed by atoms with van der Waals surface area (Å²) in [5.41, 5.74) is 3.57. The number of aromatic carboxylic acids is 1. The van der Waals surface area contributed by atoms with Crippen molar-refractivity contribution in [3.05, 3.63) is 63.7 Å². The van der Waals surface area contributed by atoms with Crippen LogP contribution < -0.4 is 14.8 Å². The minimum Gasteiger partial charge on any atom is -0.496 e. The summed E-state index contributed by atoms with van der Waals surface area (Å²) in [6.45, 7) is 3.89. The monoisotopic (exact) mass is 581 g/mol. The van der Waals surface area contributed by atoms with E-state index in [9.17, 15) is 14.4 Å². The normalized spacial score (nSPS) is 15.1. The van der Waals surface area contributed by atoms with Crippen molar-refractivity contribution < 1.29 is 38.4 Å². The minimum atomic E-state index is -1.08. The number of carbonyl (C=O) groups is 3. The molecule has 1 amide bonds. The molecule has 0 spiro atoms. The largest absolute Gasteiger partial charge is 0.496 e. The molecule has 1 fully saturated rings. The standard InChI is InChI=1S/C31H35NO8S/c1-18(10-16-25(41)39-22-7-5-4-6-8-22)9-15-23-27(37-3)19(2)24-17-38-30(35)26(24)28(23)40-31(36)32-21-13-11-20(12-14-21)29(33)34/h9,11-14,22H,4-8,10,15-17H2,1-3H3,(H,32,36)(H,33,34)/b18-9+. The van der Waals surface area contributed by atoms with Gasteiger partial charge in [0.2, 0.25) is 0 Å². The Hall–Kier alpha value is -3.92. The molecule has 2 aromatic rings. The van der Waals surface area contributed by atoms with Gasteiger partial charge in [0.25, 0.3) is 0 Å². The Morgan fingerprint density at radius 3 is 2.49 bits per heavy atom. The molecule has 0 atom stereocenters. The molecule has 1 heterocycles. The zero-order valence-corrected chi connectivity index (χ0v) is 24.4. The van der Waals surface area contributed by atoms with Crippen LogP contribution in [-0.2, 0) is 22.5 Å². The molecule has 218 valence electrons. The second-order valence-electron chi connectivity index (χ2n) is 10.3. The zero-order valence-electron chi connectivity index (χ0n) is 23.5. The van der Waals surface area contributed by atoms with Gasteiger partial charge in [0.15, 0.2) is 10.8 Å². The van der Waals surface area contributed by atoms with E-state index in [2.05, 4.69) is 5.32 Å². The maximum atomic E-state index is 12.9. The summed E-state index contributed by atoms with van der Waals surface area (Å²) in [6, 6.07) is 5.64. The molecule has 41 heavy (non-hydrogen) atoms. The van der Waals surface area contributed by atoms with Gasteiger partial charge >= 0.3 is 18.0 Å². The number of carboxylic acid groups (broad SMARTS) is 1. The van der Waals surface area contributed by atoms with E-state index in [1.54, 1.807) is 0 Å². The number of benzene rings is 2. The van der Waals surface area contributed by atoms with E-state index in [0.29, 0.717) is 46.9 Å². The summed E-state index contributed by atoms with van der Waals surface area (Å²) in [6.07, 6.45) is 8.79. The number of hydrogen-bond acceptors (Lipinski definition) is 8. The number of rotatable bonds is 10. The van der Waals surface area contributed by atoms with Gasteiger partial charge in [-0.15, -0.1) is 0 Å². The molecule has 1 saturated carbocycles. The number of methoxy groups -OCH3 is 1. The number of nitrogens with one attached hydrogen (secondary N) is 1. The summed E-state index contributed by atoms with van der Waals surface area (Å²) >= 11 is 5.48. The van der Waals surface area contributed by atoms with Gasteiger partial charge in [-0.3, -0.25) is 5.32 Å². The zero-order chi connectivity index (χ0) is 29.5. The van der Waals surface area contributed by atoms with Crippen LogP contribution in [0.15, 0.2) is 35.9 Å². The molecule has 0 aromatic heterocycles. The van der Waals surface area contributed by atoms with E-state index in [-0.39, 0.29) is 29.6 Å². The maximum absolute atomic E-state index is 12.9. The molecule has 1 aliphatic carbocycles. The quantitative estimate of drug-likeness (QED) is 0.175. The average molecular weight is 582 g/mol. The van der Waals surface area contributed by atoms with Crippen LogP contribution in [0, 0.1) is 6.92 Å². The number of esters is 1. The van der Waals surface area contributed by atoms with E-state index in [4.69, 9.17) is 36.3 Å². The van der Waals surface area contributed by atoms with Gasteiger partial charge in [0.05, 0.1) is 18.8 Å². The highest BCUT2D eigenvalue weighted by Crippen LogP contribution is 2.43. The Labute approximate surface area is 244 Å². The van der Waals surface area contributed by atoms with Crippen LogP contribution in [-0.4, -0.2) is 41.4 Å². The second kappa shape index (κ2) is 13.6. The Morgan fingerprint density at radius 2 is 1.83 bits per heavy atom. The average Bonchev–Trinajstić information content (AvgIpc) is 3.35. The second-order valence-corrected chi connectivity index (χ2v) is 10.8. The third-order valence-corrected chi connectivity index (χ3v) is 7.73. The SMILES string of the molecule is COc1c(C)c2c(c(OC(=O)Nc3ccc(C(=O)O)cc3)c1C/C=C(\C)CCC(=S)OC1CCCCC1)C(=O)OC2. The first-order valence-corrected chi connectivity index (χ1v) is 14.2. The maximum Gasteiger partial charge on any atom is 0.417 e. The molecule has 1 aliphatic heterocycles. The molecule has 0 saturated heterocycles. The fourth-order valence-corrected chi connectivity index (χ4v) is 5.40. The van der Waals surface area contributed by atoms with Gasteiger partial charge in [-0.05, 0) is 94.4 Å². The van der Waals surface area contributed by atoms with Crippen molar-refractivity contribution in [3.63, 3.8) is 0 Å². The van der Waals surface area contributed by atoms with Gasteiger partial charge in [0, 0.05) is 23.2 Å². The molecule has 2 aromatic carbocycles. The smallest absolute Gasteiger partial charge is 0.417 e. The predicted molar refractivity (Wildman–Crippen MR) is 157 cm³/mol. The Balaban J connectivity index is 1.53. The van der Waals surface area contributed by atoms with Crippen molar-refractivity contribution >= 4 is 41.0 Å². The number of hydrogen-bond donors (Lipinski definition) is 2. The number of allylic oxidation sites excluding steroid dienone is 2. The minimum absolute atomic E-state index is 0.0541. The molecule has 4 rings (SSSR count). The molecular weight excluding hydrogens is 546 g/mol. The fraction of sp³-hybridized carbons (Fsp3) is 0.419. The van der Waals surface area contributed by atoms with Gasteiger partial charge in [-0.25, -0.2) is 14.4 Å². The van der Waals surface area contributed by atoms with E-state index >= 15 is 0 Å². The van der Waals surface area contributed by atoms with Crippen LogP contribution in [0.25, 0.3) is 0 Å². The fourth-order valence-electron chi connectivity index (χ4n) is 5.16. The van der Waals surface area contributed by atoms with Crippen molar-refractivity contribution in [3.8, 4) is 11.5 Å². The van der Waals surface area contributed by atoms with Crippen LogP contribution in [0.4, 0.5) is 10.5 Å². The Kier molecular flexibility index (Phi) is 9.99. The van der Waals surface area contributed by atoms with Gasteiger partial charge < -0.3 is 24.1 Å². The molecule has 0 radical (unpaired) electrons. The summed E-state index contributed by atoms with van der Waals surface area (Å²) in [4.78, 5) is 36.8. The van der Waals surface area contributed by atoms with Crippen LogP contribution in [0.3, 0.4) is 0 Å². The molecule has 0 unspecified atom stereocenters. The number of ether oxygens (including phenoxy) is 4. The van der Waals surface area contributed by atoms with Gasteiger partial charge in [-0.1, -0.05) is 18.1 Å². The molecule has 2 aliphatic rings. The van der Waals surface area contributed by atoms with Crippen molar-refractivity contribution in [2.75, 3.05) is 12.4 Å². The van der Waals surface area contributed by atoms with Gasteiger partial charge in [0.1, 0.15) is 17.9 Å². The van der Waals surface area contributed by atoms with Crippen molar-refractivity contribution in [2.24, 2.45) is 0 Å². The number of thiocarbonyl (C=S) groups is 1. The van der Waals surface area contributed by atoms with Crippen LogP contribution in [0.1, 0.15) is 89.3 Å². The number of anilines is 1. The molecular formula is C31H35NO8S. The summed E-state index contributed by atoms with van der Waals surface area (Å²) in [5, 5.41) is 12.3. The third-order valence-electron chi connectivity index (χ3n) is 7.43. The highest BCUT2D eigenvalue weighted by atomic mass is 32.1. The molecule has 0 bridgehead atoms. The van der Waals surface area contributed by atoms with Gasteiger partial charge in [-0.2, -0.15) is 0 Å². The molecule has 9 nitrogen and oxygen atoms in total. The number of fused-ring (bicyclic) bond motifs is 1. The molecule has 10 heteroatoms. The highest BCUT2D eigenvalue weighted by Gasteiger charge is 2.34. The lowest BCUT2D eigenvalue weighted by Crippen LogP contribution is -2.20. The lowest BCUT2D eigenvalue weighted by molar-refractivity contribution is 0.0532. The van der Waals surface area contributed by atoms with E-state index in [1.807, 2.05) is 19.9 Å². The van der Waals surface area contributed by atoms with Crippen LogP contribution >= 0.6 is 12.2 Å². The first kappa shape index (κ1) is 30.0. The lowest BCUT2D eigenvalue weighted by Gasteiger charge is -2.23. The van der Waals surface area contributed by atoms with Crippen LogP contribution in [0.2, 0.25) is 0 Å². The lowest BCUT2D eigenvalue weighted by atomic mass is 9.94. The van der Waals surface area contributed by atoms with E-state index in [1.165, 1.54) is 50.6 Å². The number of amides is 1. The Morgan fingerprint density at radius 1 is 1.12 bits per heavy atom. The van der Waals surface area contributed by atoms with Crippen molar-refractivity contribution in [1.82, 2.24) is 0 Å². The summed E-state index contributed by atoms with van der Waals surface area (Å²) in [5.74, 6) is -1.07. The topological polar surface area (TPSA) is 120 Å². The first-order chi connectivity index (χ1) is 19.7. The Bertz CT molecular complexity index is 1360. The number of carbonyl (C=O) groups excluding carboxylic acids is 2. The third kappa shape index (κ3) is 7.43. The summed E-state index contributed by atoms with van der Waals surface area (Å²) in [7, 11) is 1.53. The van der Waals surface area contributed by atoms with E-state index < -0.39 is 18.0 Å².